The van der Waals surface area contributed by atoms with Gasteiger partial charge in [0.25, 0.3) is 0 Å². The molecule has 84 valence electrons. The summed E-state index contributed by atoms with van der Waals surface area (Å²) < 4.78 is 0. The first kappa shape index (κ1) is 10.4. The van der Waals surface area contributed by atoms with Crippen molar-refractivity contribution in [2.75, 3.05) is 7.11 Å². The van der Waals surface area contributed by atoms with Gasteiger partial charge in [0.1, 0.15) is 0 Å². The largest absolute Gasteiger partial charge is 0.481 e. The maximum atomic E-state index is 11.5. The minimum Gasteiger partial charge on any atom is -0.481 e. The maximum absolute atomic E-state index is 11.5. The van der Waals surface area contributed by atoms with Crippen LogP contribution in [0.4, 0.5) is 0 Å². The molecule has 2 saturated carbocycles. The van der Waals surface area contributed by atoms with Crippen molar-refractivity contribution in [3.05, 3.63) is 0 Å². The average Bonchev–Trinajstić information content (AvgIpc) is 2.76. The minimum absolute atomic E-state index is 0.141. The van der Waals surface area contributed by atoms with E-state index in [0.29, 0.717) is 0 Å². The predicted molar refractivity (Wildman–Crippen MR) is 48.5 cm³/mol. The summed E-state index contributed by atoms with van der Waals surface area (Å²) in [6.07, 6.45) is 2.68. The zero-order chi connectivity index (χ0) is 11.0. The molecule has 0 aliphatic heterocycles. The Hall–Kier alpha value is -1.10. The fraction of sp³-hybridized carbons (Fsp3) is 0.800. The lowest BCUT2D eigenvalue weighted by Gasteiger charge is -2.25. The molecule has 4 atom stereocenters. The van der Waals surface area contributed by atoms with Gasteiger partial charge in [0.15, 0.2) is 0 Å². The summed E-state index contributed by atoms with van der Waals surface area (Å²) in [5.74, 6) is -2.20. The van der Waals surface area contributed by atoms with E-state index in [1.807, 2.05) is 0 Å². The fourth-order valence-corrected chi connectivity index (χ4v) is 3.12. The first-order valence-electron chi connectivity index (χ1n) is 5.12. The molecule has 2 fully saturated rings. The Bertz CT molecular complexity index is 288. The third-order valence-corrected chi connectivity index (χ3v) is 3.64. The standard InChI is InChI=1S/C10H14O5/c1-14-15-10(13)8-6-3-2-5(4-6)7(8)9(11)12/h5-8H,2-4H2,1H3,(H,11,12)/t5?,6?,7-,8+/m0/s1. The number of carboxylic acid groups (broad SMARTS) is 1. The second kappa shape index (κ2) is 3.81. The van der Waals surface area contributed by atoms with Crippen LogP contribution in [0.1, 0.15) is 19.3 Å². The van der Waals surface area contributed by atoms with Crippen molar-refractivity contribution in [3.63, 3.8) is 0 Å². The third-order valence-electron chi connectivity index (χ3n) is 3.64. The van der Waals surface area contributed by atoms with Gasteiger partial charge < -0.3 is 5.11 Å². The van der Waals surface area contributed by atoms with Crippen LogP contribution in [0.3, 0.4) is 0 Å². The van der Waals surface area contributed by atoms with E-state index in [0.717, 1.165) is 19.3 Å². The summed E-state index contributed by atoms with van der Waals surface area (Å²) in [5.41, 5.74) is 0. The highest BCUT2D eigenvalue weighted by Crippen LogP contribution is 2.52. The van der Waals surface area contributed by atoms with E-state index >= 15 is 0 Å². The van der Waals surface area contributed by atoms with Gasteiger partial charge in [-0.1, -0.05) is 0 Å². The molecule has 1 N–H and O–H groups in total. The van der Waals surface area contributed by atoms with Gasteiger partial charge in [-0.2, -0.15) is 4.89 Å². The second-order valence-corrected chi connectivity index (χ2v) is 4.29. The number of carbonyl (C=O) groups excluding carboxylic acids is 1. The Kier molecular flexibility index (Phi) is 2.65. The number of aliphatic carboxylic acids is 1. The van der Waals surface area contributed by atoms with Gasteiger partial charge in [0.05, 0.1) is 18.9 Å². The van der Waals surface area contributed by atoms with Crippen molar-refractivity contribution in [2.45, 2.75) is 19.3 Å². The first-order chi connectivity index (χ1) is 7.15. The summed E-state index contributed by atoms with van der Waals surface area (Å²) in [6, 6.07) is 0. The van der Waals surface area contributed by atoms with E-state index < -0.39 is 23.8 Å². The van der Waals surface area contributed by atoms with Crippen molar-refractivity contribution < 1.29 is 24.5 Å². The van der Waals surface area contributed by atoms with Gasteiger partial charge in [-0.05, 0) is 31.1 Å². The number of fused-ring (bicyclic) bond motifs is 2. The highest BCUT2D eigenvalue weighted by molar-refractivity contribution is 5.82. The molecule has 5 nitrogen and oxygen atoms in total. The summed E-state index contributed by atoms with van der Waals surface area (Å²) in [7, 11) is 1.25. The Morgan fingerprint density at radius 3 is 2.33 bits per heavy atom. The molecule has 0 aromatic heterocycles. The van der Waals surface area contributed by atoms with Crippen LogP contribution in [0.5, 0.6) is 0 Å². The quantitative estimate of drug-likeness (QED) is 0.556. The molecular weight excluding hydrogens is 200 g/mol. The number of carboxylic acids is 1. The van der Waals surface area contributed by atoms with Gasteiger partial charge in [-0.3, -0.25) is 9.68 Å². The number of hydrogen-bond donors (Lipinski definition) is 1. The van der Waals surface area contributed by atoms with Gasteiger partial charge in [0, 0.05) is 0 Å². The molecule has 0 aromatic carbocycles. The number of hydrogen-bond acceptors (Lipinski definition) is 4. The van der Waals surface area contributed by atoms with E-state index in [9.17, 15) is 9.59 Å². The van der Waals surface area contributed by atoms with Crippen LogP contribution in [0.25, 0.3) is 0 Å². The van der Waals surface area contributed by atoms with Crippen LogP contribution >= 0.6 is 0 Å². The minimum atomic E-state index is -0.889. The van der Waals surface area contributed by atoms with Crippen LogP contribution < -0.4 is 0 Å². The summed E-state index contributed by atoms with van der Waals surface area (Å²) in [4.78, 5) is 31.4. The molecule has 0 radical (unpaired) electrons. The number of rotatable bonds is 3. The van der Waals surface area contributed by atoms with Crippen LogP contribution in [0.15, 0.2) is 0 Å². The van der Waals surface area contributed by atoms with Crippen LogP contribution in [-0.4, -0.2) is 24.2 Å². The molecule has 2 unspecified atom stereocenters. The van der Waals surface area contributed by atoms with Crippen LogP contribution in [0.2, 0.25) is 0 Å². The highest BCUT2D eigenvalue weighted by atomic mass is 17.2. The number of carbonyl (C=O) groups is 2. The Morgan fingerprint density at radius 1 is 1.20 bits per heavy atom. The van der Waals surface area contributed by atoms with E-state index in [2.05, 4.69) is 9.78 Å². The Morgan fingerprint density at radius 2 is 1.80 bits per heavy atom. The van der Waals surface area contributed by atoms with Gasteiger partial charge in [-0.15, -0.1) is 0 Å². The van der Waals surface area contributed by atoms with Crippen LogP contribution in [0, 0.1) is 23.7 Å². The average molecular weight is 214 g/mol. The monoisotopic (exact) mass is 214 g/mol. The molecular formula is C10H14O5. The van der Waals surface area contributed by atoms with Crippen molar-refractivity contribution in [2.24, 2.45) is 23.7 Å². The molecule has 2 rings (SSSR count). The summed E-state index contributed by atoms with van der Waals surface area (Å²) >= 11 is 0. The van der Waals surface area contributed by atoms with Gasteiger partial charge >= 0.3 is 11.9 Å². The summed E-state index contributed by atoms with van der Waals surface area (Å²) in [5, 5.41) is 9.07. The predicted octanol–water partition coefficient (Wildman–Crippen LogP) is 0.838. The van der Waals surface area contributed by atoms with Crippen LogP contribution in [-0.2, 0) is 19.4 Å². The molecule has 0 spiro atoms. The third kappa shape index (κ3) is 1.61. The highest BCUT2D eigenvalue weighted by Gasteiger charge is 2.55. The molecule has 2 aliphatic carbocycles. The summed E-state index contributed by atoms with van der Waals surface area (Å²) in [6.45, 7) is 0. The molecule has 2 aliphatic rings. The van der Waals surface area contributed by atoms with Crippen molar-refractivity contribution in [1.29, 1.82) is 0 Å². The molecule has 0 amide bonds. The van der Waals surface area contributed by atoms with E-state index in [-0.39, 0.29) is 11.8 Å². The normalized spacial score (nSPS) is 37.9. The SMILES string of the molecule is COOC(=O)[C@@H]1C2CCC(C2)[C@@H]1C(=O)O. The lowest BCUT2D eigenvalue weighted by atomic mass is 9.79. The molecule has 15 heavy (non-hydrogen) atoms. The van der Waals surface area contributed by atoms with Crippen molar-refractivity contribution >= 4 is 11.9 Å². The van der Waals surface area contributed by atoms with Crippen molar-refractivity contribution in [3.8, 4) is 0 Å². The fourth-order valence-electron chi connectivity index (χ4n) is 3.12. The maximum Gasteiger partial charge on any atom is 0.346 e. The molecule has 5 heteroatoms. The smallest absolute Gasteiger partial charge is 0.346 e. The molecule has 0 heterocycles. The lowest BCUT2D eigenvalue weighted by Crippen LogP contribution is -2.35. The van der Waals surface area contributed by atoms with Gasteiger partial charge in [-0.25, -0.2) is 4.79 Å². The zero-order valence-electron chi connectivity index (χ0n) is 8.51. The zero-order valence-corrected chi connectivity index (χ0v) is 8.51. The van der Waals surface area contributed by atoms with Crippen molar-refractivity contribution in [1.82, 2.24) is 0 Å². The molecule has 2 bridgehead atoms. The molecule has 0 saturated heterocycles. The topological polar surface area (TPSA) is 72.8 Å². The second-order valence-electron chi connectivity index (χ2n) is 4.29. The first-order valence-corrected chi connectivity index (χ1v) is 5.12. The molecule has 0 aromatic rings. The van der Waals surface area contributed by atoms with E-state index in [1.165, 1.54) is 7.11 Å². The van der Waals surface area contributed by atoms with Gasteiger partial charge in [0.2, 0.25) is 0 Å². The lowest BCUT2D eigenvalue weighted by molar-refractivity contribution is -0.262. The Balaban J connectivity index is 2.14. The van der Waals surface area contributed by atoms with E-state index in [4.69, 9.17) is 5.11 Å². The Labute approximate surface area is 87.3 Å². The van der Waals surface area contributed by atoms with E-state index in [1.54, 1.807) is 0 Å².